The largest absolute Gasteiger partial charge is 0.356 e. The van der Waals surface area contributed by atoms with Gasteiger partial charge in [-0.05, 0) is 58.7 Å². The van der Waals surface area contributed by atoms with E-state index >= 15 is 0 Å². The number of fused-ring (bicyclic) bond motifs is 1. The first-order valence-electron chi connectivity index (χ1n) is 10.5. The van der Waals surface area contributed by atoms with Crippen molar-refractivity contribution < 1.29 is 9.32 Å². The lowest BCUT2D eigenvalue weighted by molar-refractivity contribution is -0.125. The van der Waals surface area contributed by atoms with Crippen molar-refractivity contribution in [3.05, 3.63) is 12.0 Å². The number of carbonyl (C=O) groups excluding carboxylic acids is 1. The lowest BCUT2D eigenvalue weighted by Crippen LogP contribution is -2.44. The van der Waals surface area contributed by atoms with Crippen molar-refractivity contribution in [2.75, 3.05) is 44.2 Å². The predicted molar refractivity (Wildman–Crippen MR) is 107 cm³/mol. The van der Waals surface area contributed by atoms with E-state index in [1.807, 2.05) is 6.92 Å². The van der Waals surface area contributed by atoms with E-state index in [9.17, 15) is 4.79 Å². The number of nitrogens with zero attached hydrogens (tertiary/aromatic N) is 5. The van der Waals surface area contributed by atoms with Gasteiger partial charge in [-0.3, -0.25) is 4.79 Å². The highest BCUT2D eigenvalue weighted by Gasteiger charge is 2.28. The van der Waals surface area contributed by atoms with Gasteiger partial charge in [-0.2, -0.15) is 4.98 Å². The summed E-state index contributed by atoms with van der Waals surface area (Å²) in [6.45, 7) is 7.72. The molecule has 0 radical (unpaired) electrons. The number of rotatable bonds is 6. The molecule has 8 heteroatoms. The van der Waals surface area contributed by atoms with Crippen molar-refractivity contribution in [3.63, 3.8) is 0 Å². The third-order valence-corrected chi connectivity index (χ3v) is 5.91. The Morgan fingerprint density at radius 2 is 2.07 bits per heavy atom. The quantitative estimate of drug-likeness (QED) is 0.761. The molecule has 0 aromatic carbocycles. The maximum Gasteiger partial charge on any atom is 0.263 e. The minimum absolute atomic E-state index is 0.00563. The summed E-state index contributed by atoms with van der Waals surface area (Å²) >= 11 is 0. The zero-order chi connectivity index (χ0) is 19.3. The second kappa shape index (κ2) is 8.86. The van der Waals surface area contributed by atoms with Crippen LogP contribution in [0.5, 0.6) is 0 Å². The molecule has 28 heavy (non-hydrogen) atoms. The van der Waals surface area contributed by atoms with Gasteiger partial charge in [0.2, 0.25) is 5.91 Å². The van der Waals surface area contributed by atoms with Gasteiger partial charge in [0.1, 0.15) is 17.5 Å². The smallest absolute Gasteiger partial charge is 0.263 e. The zero-order valence-electron chi connectivity index (χ0n) is 16.7. The molecule has 0 aliphatic carbocycles. The van der Waals surface area contributed by atoms with Crippen LogP contribution < -0.4 is 10.2 Å². The van der Waals surface area contributed by atoms with E-state index < -0.39 is 0 Å². The van der Waals surface area contributed by atoms with Gasteiger partial charge >= 0.3 is 0 Å². The van der Waals surface area contributed by atoms with Gasteiger partial charge in [0.25, 0.3) is 5.71 Å². The van der Waals surface area contributed by atoms with Crippen LogP contribution in [0.3, 0.4) is 0 Å². The van der Waals surface area contributed by atoms with Crippen molar-refractivity contribution in [2.45, 2.75) is 45.4 Å². The Morgan fingerprint density at radius 1 is 1.21 bits per heavy atom. The number of aryl methyl sites for hydroxylation is 1. The Labute approximate surface area is 165 Å². The molecule has 0 bridgehead atoms. The Balaban J connectivity index is 1.30. The first-order chi connectivity index (χ1) is 13.7. The molecule has 1 atom stereocenters. The Morgan fingerprint density at radius 3 is 2.93 bits per heavy atom. The second-order valence-corrected chi connectivity index (χ2v) is 7.98. The van der Waals surface area contributed by atoms with E-state index in [-0.39, 0.29) is 11.8 Å². The minimum atomic E-state index is -0.00563. The number of aromatic nitrogens is 3. The molecule has 2 fully saturated rings. The molecule has 8 nitrogen and oxygen atoms in total. The van der Waals surface area contributed by atoms with E-state index in [0.29, 0.717) is 12.3 Å². The maximum atomic E-state index is 12.7. The number of carbonyl (C=O) groups is 1. The Kier molecular flexibility index (Phi) is 6.04. The van der Waals surface area contributed by atoms with Crippen LogP contribution in [0.25, 0.3) is 11.1 Å². The molecule has 2 aromatic rings. The van der Waals surface area contributed by atoms with Gasteiger partial charge in [-0.1, -0.05) is 11.6 Å². The number of piperidine rings is 2. The molecule has 0 saturated carbocycles. The fourth-order valence-corrected chi connectivity index (χ4v) is 4.37. The number of amides is 1. The lowest BCUT2D eigenvalue weighted by Gasteiger charge is -2.33. The SMILES string of the molecule is Cc1noc2ncnc(N3CCC[C@H](C(=O)NCCCN4CCCCC4)C3)c12. The van der Waals surface area contributed by atoms with Crippen LogP contribution >= 0.6 is 0 Å². The standard InChI is InChI=1S/C20H30N6O2/c1-15-17-18(22-14-23-20(17)28-24-15)26-12-5-7-16(13-26)19(27)21-8-6-11-25-9-3-2-4-10-25/h14,16H,2-13H2,1H3,(H,21,27)/t16-/m0/s1. The molecule has 0 spiro atoms. The summed E-state index contributed by atoms with van der Waals surface area (Å²) in [5, 5.41) is 8.01. The van der Waals surface area contributed by atoms with Crippen molar-refractivity contribution in [1.82, 2.24) is 25.3 Å². The Bertz CT molecular complexity index is 801. The van der Waals surface area contributed by atoms with Crippen LogP contribution in [0.4, 0.5) is 5.82 Å². The summed E-state index contributed by atoms with van der Waals surface area (Å²) in [5.41, 5.74) is 1.29. The number of hydrogen-bond donors (Lipinski definition) is 1. The highest BCUT2D eigenvalue weighted by atomic mass is 16.5. The molecule has 0 unspecified atom stereocenters. The molecule has 2 saturated heterocycles. The van der Waals surface area contributed by atoms with E-state index in [0.717, 1.165) is 55.8 Å². The molecule has 1 N–H and O–H groups in total. The summed E-state index contributed by atoms with van der Waals surface area (Å²) in [4.78, 5) is 26.0. The van der Waals surface area contributed by atoms with Crippen molar-refractivity contribution >= 4 is 22.8 Å². The van der Waals surface area contributed by atoms with Gasteiger partial charge < -0.3 is 19.6 Å². The van der Waals surface area contributed by atoms with Crippen LogP contribution in [0.1, 0.15) is 44.2 Å². The third kappa shape index (κ3) is 4.27. The normalized spacial score (nSPS) is 21.2. The molecule has 4 heterocycles. The Hall–Kier alpha value is -2.22. The van der Waals surface area contributed by atoms with Gasteiger partial charge in [-0.15, -0.1) is 0 Å². The molecular formula is C20H30N6O2. The van der Waals surface area contributed by atoms with Gasteiger partial charge in [0.15, 0.2) is 0 Å². The summed E-state index contributed by atoms with van der Waals surface area (Å²) < 4.78 is 5.26. The fourth-order valence-electron chi connectivity index (χ4n) is 4.37. The molecule has 1 amide bonds. The topological polar surface area (TPSA) is 87.4 Å². The molecule has 4 rings (SSSR count). The highest BCUT2D eigenvalue weighted by molar-refractivity contribution is 5.88. The zero-order valence-corrected chi connectivity index (χ0v) is 16.7. The van der Waals surface area contributed by atoms with E-state index in [1.165, 1.54) is 38.7 Å². The van der Waals surface area contributed by atoms with Crippen LogP contribution in [0, 0.1) is 12.8 Å². The first-order valence-corrected chi connectivity index (χ1v) is 10.5. The maximum absolute atomic E-state index is 12.7. The molecular weight excluding hydrogens is 356 g/mol. The van der Waals surface area contributed by atoms with Crippen LogP contribution in [-0.4, -0.2) is 65.2 Å². The average molecular weight is 387 g/mol. The molecule has 152 valence electrons. The molecule has 2 aliphatic rings. The van der Waals surface area contributed by atoms with E-state index in [4.69, 9.17) is 4.52 Å². The van der Waals surface area contributed by atoms with Gasteiger partial charge in [0.05, 0.1) is 11.6 Å². The summed E-state index contributed by atoms with van der Waals surface area (Å²) in [6.07, 6.45) is 8.41. The predicted octanol–water partition coefficient (Wildman–Crippen LogP) is 2.13. The fraction of sp³-hybridized carbons (Fsp3) is 0.700. The monoisotopic (exact) mass is 386 g/mol. The number of anilines is 1. The van der Waals surface area contributed by atoms with Crippen molar-refractivity contribution in [2.24, 2.45) is 5.92 Å². The number of nitrogens with one attached hydrogen (secondary N) is 1. The number of likely N-dealkylation sites (tertiary alicyclic amines) is 1. The van der Waals surface area contributed by atoms with E-state index in [2.05, 4.69) is 30.2 Å². The summed E-state index contributed by atoms with van der Waals surface area (Å²) in [6, 6.07) is 0. The lowest BCUT2D eigenvalue weighted by atomic mass is 9.97. The summed E-state index contributed by atoms with van der Waals surface area (Å²) in [5.74, 6) is 0.982. The average Bonchev–Trinajstić information content (AvgIpc) is 3.13. The first kappa shape index (κ1) is 19.1. The second-order valence-electron chi connectivity index (χ2n) is 7.98. The molecule has 2 aliphatic heterocycles. The van der Waals surface area contributed by atoms with Crippen LogP contribution in [0.15, 0.2) is 10.9 Å². The minimum Gasteiger partial charge on any atom is -0.356 e. The van der Waals surface area contributed by atoms with Crippen molar-refractivity contribution in [1.29, 1.82) is 0 Å². The number of hydrogen-bond acceptors (Lipinski definition) is 7. The highest BCUT2D eigenvalue weighted by Crippen LogP contribution is 2.29. The van der Waals surface area contributed by atoms with E-state index in [1.54, 1.807) is 0 Å². The molecule has 2 aromatic heterocycles. The van der Waals surface area contributed by atoms with Gasteiger partial charge in [0, 0.05) is 19.6 Å². The van der Waals surface area contributed by atoms with Crippen LogP contribution in [0.2, 0.25) is 0 Å². The third-order valence-electron chi connectivity index (χ3n) is 5.91. The van der Waals surface area contributed by atoms with Gasteiger partial charge in [-0.25, -0.2) is 4.98 Å². The van der Waals surface area contributed by atoms with Crippen molar-refractivity contribution in [3.8, 4) is 0 Å². The summed E-state index contributed by atoms with van der Waals surface area (Å²) in [7, 11) is 0. The van der Waals surface area contributed by atoms with Crippen LogP contribution in [-0.2, 0) is 4.79 Å².